The lowest BCUT2D eigenvalue weighted by Gasteiger charge is -2.39. The summed E-state index contributed by atoms with van der Waals surface area (Å²) in [5, 5.41) is 10.3. The van der Waals surface area contributed by atoms with Crippen molar-refractivity contribution >= 4 is 0 Å². The molecule has 1 aromatic rings. The summed E-state index contributed by atoms with van der Waals surface area (Å²) in [4.78, 5) is 0. The highest BCUT2D eigenvalue weighted by molar-refractivity contribution is 5.30. The van der Waals surface area contributed by atoms with Crippen LogP contribution in [0.15, 0.2) is 53.8 Å². The summed E-state index contributed by atoms with van der Waals surface area (Å²) in [5.41, 5.74) is 1.88. The number of aliphatic hydroxyl groups is 1. The minimum atomic E-state index is -0.499. The molecule has 1 N–H and O–H groups in total. The van der Waals surface area contributed by atoms with Crippen LogP contribution in [0.5, 0.6) is 0 Å². The molecule has 2 nitrogen and oxygen atoms in total. The van der Waals surface area contributed by atoms with E-state index in [0.29, 0.717) is 6.61 Å². The first-order valence-electron chi connectivity index (χ1n) is 7.06. The molecule has 0 amide bonds. The Balaban J connectivity index is 1.59. The van der Waals surface area contributed by atoms with Crippen molar-refractivity contribution in [2.45, 2.75) is 44.3 Å². The summed E-state index contributed by atoms with van der Waals surface area (Å²) in [6.07, 6.45) is 8.91. The highest BCUT2D eigenvalue weighted by Gasteiger charge is 2.38. The molecule has 2 aliphatic rings. The Hall–Kier alpha value is -1.54. The van der Waals surface area contributed by atoms with Gasteiger partial charge in [-0.3, -0.25) is 0 Å². The Bertz CT molecular complexity index is 495. The van der Waals surface area contributed by atoms with E-state index in [9.17, 15) is 5.11 Å². The Morgan fingerprint density at radius 3 is 2.42 bits per heavy atom. The fourth-order valence-corrected chi connectivity index (χ4v) is 2.71. The van der Waals surface area contributed by atoms with Gasteiger partial charge in [0.25, 0.3) is 0 Å². The van der Waals surface area contributed by atoms with Crippen molar-refractivity contribution < 1.29 is 9.84 Å². The molecule has 1 fully saturated rings. The van der Waals surface area contributed by atoms with Gasteiger partial charge in [-0.15, -0.1) is 0 Å². The number of ether oxygens (including phenoxy) is 1. The van der Waals surface area contributed by atoms with Crippen molar-refractivity contribution in [3.63, 3.8) is 0 Å². The predicted octanol–water partition coefficient (Wildman–Crippen LogP) is 3.72. The van der Waals surface area contributed by atoms with Crippen LogP contribution in [-0.2, 0) is 11.3 Å². The molecule has 0 heterocycles. The third kappa shape index (κ3) is 2.74. The molecule has 0 spiro atoms. The van der Waals surface area contributed by atoms with Crippen molar-refractivity contribution in [3.8, 4) is 0 Å². The van der Waals surface area contributed by atoms with Crippen LogP contribution in [0.2, 0.25) is 0 Å². The SMILES string of the molecule is OC1(C2=CC=C(OCc3ccccc3)CC2)CCC1. The molecule has 2 heteroatoms. The van der Waals surface area contributed by atoms with Gasteiger partial charge in [0.05, 0.1) is 11.4 Å². The molecule has 1 aromatic carbocycles. The Morgan fingerprint density at radius 1 is 1.05 bits per heavy atom. The lowest BCUT2D eigenvalue weighted by molar-refractivity contribution is -0.00117. The standard InChI is InChI=1S/C17H20O2/c18-17(11-4-12-17)15-7-9-16(10-8-15)19-13-14-5-2-1-3-6-14/h1-3,5-7,9,18H,4,8,10-13H2. The summed E-state index contributed by atoms with van der Waals surface area (Å²) in [7, 11) is 0. The van der Waals surface area contributed by atoms with Crippen LogP contribution >= 0.6 is 0 Å². The number of allylic oxidation sites excluding steroid dienone is 3. The average Bonchev–Trinajstić information content (AvgIpc) is 2.44. The Labute approximate surface area is 114 Å². The lowest BCUT2D eigenvalue weighted by Crippen LogP contribution is -2.39. The number of benzene rings is 1. The van der Waals surface area contributed by atoms with Gasteiger partial charge in [-0.05, 0) is 42.9 Å². The van der Waals surface area contributed by atoms with E-state index in [1.807, 2.05) is 24.3 Å². The fourth-order valence-electron chi connectivity index (χ4n) is 2.71. The van der Waals surface area contributed by atoms with E-state index in [2.05, 4.69) is 18.2 Å². The van der Waals surface area contributed by atoms with Crippen molar-refractivity contribution in [2.24, 2.45) is 0 Å². The highest BCUT2D eigenvalue weighted by Crippen LogP contribution is 2.41. The van der Waals surface area contributed by atoms with Crippen LogP contribution in [-0.4, -0.2) is 10.7 Å². The zero-order valence-electron chi connectivity index (χ0n) is 11.1. The number of hydrogen-bond acceptors (Lipinski definition) is 2. The van der Waals surface area contributed by atoms with Crippen molar-refractivity contribution in [3.05, 3.63) is 59.4 Å². The maximum Gasteiger partial charge on any atom is 0.113 e. The highest BCUT2D eigenvalue weighted by atomic mass is 16.5. The summed E-state index contributed by atoms with van der Waals surface area (Å²) in [6.45, 7) is 0.625. The molecular weight excluding hydrogens is 236 g/mol. The summed E-state index contributed by atoms with van der Waals surface area (Å²) in [6, 6.07) is 10.2. The van der Waals surface area contributed by atoms with Crippen molar-refractivity contribution in [2.75, 3.05) is 0 Å². The first-order chi connectivity index (χ1) is 9.26. The molecule has 3 rings (SSSR count). The Kier molecular flexibility index (Phi) is 3.43. The minimum absolute atomic E-state index is 0.499. The van der Waals surface area contributed by atoms with Crippen molar-refractivity contribution in [1.29, 1.82) is 0 Å². The summed E-state index contributed by atoms with van der Waals surface area (Å²) < 4.78 is 5.82. The van der Waals surface area contributed by atoms with Gasteiger partial charge in [0.15, 0.2) is 0 Å². The zero-order chi connectivity index (χ0) is 13.1. The van der Waals surface area contributed by atoms with E-state index in [1.165, 1.54) is 11.1 Å². The van der Waals surface area contributed by atoms with Crippen LogP contribution in [0.4, 0.5) is 0 Å². The predicted molar refractivity (Wildman–Crippen MR) is 75.4 cm³/mol. The largest absolute Gasteiger partial charge is 0.493 e. The van der Waals surface area contributed by atoms with Crippen LogP contribution < -0.4 is 0 Å². The smallest absolute Gasteiger partial charge is 0.113 e. The molecule has 2 aliphatic carbocycles. The maximum absolute atomic E-state index is 10.3. The van der Waals surface area contributed by atoms with Crippen LogP contribution in [0.3, 0.4) is 0 Å². The van der Waals surface area contributed by atoms with Crippen molar-refractivity contribution in [1.82, 2.24) is 0 Å². The van der Waals surface area contributed by atoms with E-state index in [-0.39, 0.29) is 0 Å². The van der Waals surface area contributed by atoms with Crippen LogP contribution in [0.25, 0.3) is 0 Å². The van der Waals surface area contributed by atoms with Crippen LogP contribution in [0, 0.1) is 0 Å². The summed E-state index contributed by atoms with van der Waals surface area (Å²) >= 11 is 0. The van der Waals surface area contributed by atoms with Gasteiger partial charge in [0, 0.05) is 6.42 Å². The second-order valence-electron chi connectivity index (χ2n) is 5.48. The fraction of sp³-hybridized carbons (Fsp3) is 0.412. The van der Waals surface area contributed by atoms with Crippen LogP contribution in [0.1, 0.15) is 37.7 Å². The first-order valence-corrected chi connectivity index (χ1v) is 7.06. The van der Waals surface area contributed by atoms with Gasteiger partial charge in [0.2, 0.25) is 0 Å². The normalized spacial score (nSPS) is 21.1. The molecule has 0 atom stereocenters. The lowest BCUT2D eigenvalue weighted by atomic mass is 9.72. The van der Waals surface area contributed by atoms with Gasteiger partial charge < -0.3 is 9.84 Å². The maximum atomic E-state index is 10.3. The first kappa shape index (κ1) is 12.5. The van der Waals surface area contributed by atoms with Gasteiger partial charge in [-0.25, -0.2) is 0 Å². The average molecular weight is 256 g/mol. The summed E-state index contributed by atoms with van der Waals surface area (Å²) in [5.74, 6) is 1.02. The monoisotopic (exact) mass is 256 g/mol. The quantitative estimate of drug-likeness (QED) is 0.889. The second kappa shape index (κ2) is 5.22. The Morgan fingerprint density at radius 2 is 1.84 bits per heavy atom. The molecule has 0 bridgehead atoms. The molecule has 0 aromatic heterocycles. The number of hydrogen-bond donors (Lipinski definition) is 1. The molecule has 0 radical (unpaired) electrons. The van der Waals surface area contributed by atoms with Gasteiger partial charge in [-0.2, -0.15) is 0 Å². The minimum Gasteiger partial charge on any atom is -0.493 e. The topological polar surface area (TPSA) is 29.5 Å². The molecule has 100 valence electrons. The van der Waals surface area contributed by atoms with E-state index >= 15 is 0 Å². The second-order valence-corrected chi connectivity index (χ2v) is 5.48. The molecule has 1 saturated carbocycles. The van der Waals surface area contributed by atoms with E-state index in [0.717, 1.165) is 37.9 Å². The third-order valence-corrected chi connectivity index (χ3v) is 4.16. The van der Waals surface area contributed by atoms with E-state index in [4.69, 9.17) is 4.74 Å². The molecule has 19 heavy (non-hydrogen) atoms. The van der Waals surface area contributed by atoms with E-state index < -0.39 is 5.60 Å². The van der Waals surface area contributed by atoms with Gasteiger partial charge >= 0.3 is 0 Å². The molecule has 0 saturated heterocycles. The number of rotatable bonds is 4. The molecule has 0 unspecified atom stereocenters. The molecular formula is C17H20O2. The van der Waals surface area contributed by atoms with Gasteiger partial charge in [-0.1, -0.05) is 36.4 Å². The zero-order valence-corrected chi connectivity index (χ0v) is 11.1. The van der Waals surface area contributed by atoms with E-state index in [1.54, 1.807) is 0 Å². The van der Waals surface area contributed by atoms with Gasteiger partial charge in [0.1, 0.15) is 6.61 Å². The third-order valence-electron chi connectivity index (χ3n) is 4.16. The molecule has 0 aliphatic heterocycles.